The molecule has 3 N–H and O–H groups in total. The van der Waals surface area contributed by atoms with Gasteiger partial charge in [0.1, 0.15) is 0 Å². The second-order valence-corrected chi connectivity index (χ2v) is 4.74. The van der Waals surface area contributed by atoms with Crippen LogP contribution in [-0.2, 0) is 9.59 Å². The van der Waals surface area contributed by atoms with Crippen LogP contribution < -0.4 is 11.1 Å². The van der Waals surface area contributed by atoms with Crippen molar-refractivity contribution in [1.82, 2.24) is 5.32 Å². The van der Waals surface area contributed by atoms with E-state index in [1.54, 1.807) is 0 Å². The maximum Gasteiger partial charge on any atom is 0.289 e. The maximum absolute atomic E-state index is 11.5. The lowest BCUT2D eigenvalue weighted by molar-refractivity contribution is -0.138. The Balaban J connectivity index is 1.69. The Kier molecular flexibility index (Phi) is 3.05. The van der Waals surface area contributed by atoms with Crippen LogP contribution in [0.5, 0.6) is 0 Å². The third kappa shape index (κ3) is 3.30. The van der Waals surface area contributed by atoms with Gasteiger partial charge in [-0.15, -0.1) is 0 Å². The van der Waals surface area contributed by atoms with Crippen LogP contribution in [0.2, 0.25) is 0 Å². The number of rotatable bonds is 6. The van der Waals surface area contributed by atoms with Crippen molar-refractivity contribution in [2.75, 3.05) is 0 Å². The first-order chi connectivity index (χ1) is 7.16. The number of amides is 1. The molecule has 4 nitrogen and oxygen atoms in total. The van der Waals surface area contributed by atoms with E-state index >= 15 is 0 Å². The number of nitrogens with one attached hydrogen (secondary N) is 1. The zero-order valence-corrected chi connectivity index (χ0v) is 8.87. The van der Waals surface area contributed by atoms with Gasteiger partial charge in [-0.1, -0.05) is 12.8 Å². The van der Waals surface area contributed by atoms with Crippen LogP contribution in [-0.4, -0.2) is 23.8 Å². The highest BCUT2D eigenvalue weighted by Crippen LogP contribution is 2.33. The zero-order valence-electron chi connectivity index (χ0n) is 8.87. The second kappa shape index (κ2) is 4.31. The lowest BCUT2D eigenvalue weighted by Crippen LogP contribution is -2.43. The molecule has 0 heterocycles. The third-order valence-electron chi connectivity index (χ3n) is 3.06. The molecule has 2 aliphatic carbocycles. The number of carbonyl (C=O) groups excluding carboxylic acids is 2. The van der Waals surface area contributed by atoms with Crippen molar-refractivity contribution in [3.05, 3.63) is 0 Å². The van der Waals surface area contributed by atoms with E-state index in [1.807, 2.05) is 0 Å². The summed E-state index contributed by atoms with van der Waals surface area (Å²) < 4.78 is 0. The molecule has 0 aromatic heterocycles. The number of hydrogen-bond acceptors (Lipinski definition) is 3. The highest BCUT2D eigenvalue weighted by atomic mass is 16.2. The Bertz CT molecular complexity index is 270. The van der Waals surface area contributed by atoms with Crippen LogP contribution in [0.15, 0.2) is 0 Å². The number of ketones is 1. The molecule has 4 heteroatoms. The summed E-state index contributed by atoms with van der Waals surface area (Å²) in [6.07, 6.45) is 6.15. The molecule has 2 aliphatic rings. The fraction of sp³-hybridized carbons (Fsp3) is 0.818. The van der Waals surface area contributed by atoms with E-state index in [1.165, 1.54) is 12.8 Å². The van der Waals surface area contributed by atoms with E-state index in [9.17, 15) is 9.59 Å². The Hall–Kier alpha value is -0.900. The number of Topliss-reactive ketones (excluding diaryl/α,β-unsaturated/α-hetero) is 1. The molecule has 15 heavy (non-hydrogen) atoms. The van der Waals surface area contributed by atoms with Gasteiger partial charge in [-0.2, -0.15) is 0 Å². The topological polar surface area (TPSA) is 72.2 Å². The van der Waals surface area contributed by atoms with Gasteiger partial charge in [-0.3, -0.25) is 9.59 Å². The lowest BCUT2D eigenvalue weighted by atomic mass is 10.1. The van der Waals surface area contributed by atoms with Crippen molar-refractivity contribution >= 4 is 11.7 Å². The molecule has 0 aromatic carbocycles. The standard InChI is InChI=1S/C11H18N2O2/c12-9(6-3-7-1-2-7)10(14)11(15)13-8-4-5-8/h7-9H,1-6,12H2,(H,13,15)/t9-/m1/s1. The quantitative estimate of drug-likeness (QED) is 0.621. The van der Waals surface area contributed by atoms with Gasteiger partial charge in [0.25, 0.3) is 5.91 Å². The minimum Gasteiger partial charge on any atom is -0.347 e. The number of carbonyl (C=O) groups is 2. The van der Waals surface area contributed by atoms with E-state index in [4.69, 9.17) is 5.73 Å². The van der Waals surface area contributed by atoms with Crippen LogP contribution in [0.25, 0.3) is 0 Å². The van der Waals surface area contributed by atoms with Crippen LogP contribution in [0, 0.1) is 5.92 Å². The molecule has 1 atom stereocenters. The van der Waals surface area contributed by atoms with Gasteiger partial charge in [0.05, 0.1) is 6.04 Å². The Morgan fingerprint density at radius 1 is 1.27 bits per heavy atom. The highest BCUT2D eigenvalue weighted by Gasteiger charge is 2.30. The molecule has 2 rings (SSSR count). The Morgan fingerprint density at radius 3 is 2.47 bits per heavy atom. The van der Waals surface area contributed by atoms with Gasteiger partial charge in [-0.25, -0.2) is 0 Å². The molecule has 1 amide bonds. The average molecular weight is 210 g/mol. The van der Waals surface area contributed by atoms with Gasteiger partial charge < -0.3 is 11.1 Å². The lowest BCUT2D eigenvalue weighted by Gasteiger charge is -2.09. The van der Waals surface area contributed by atoms with E-state index in [2.05, 4.69) is 5.32 Å². The summed E-state index contributed by atoms with van der Waals surface area (Å²) in [7, 11) is 0. The Labute approximate surface area is 89.6 Å². The minimum absolute atomic E-state index is 0.233. The maximum atomic E-state index is 11.5. The summed E-state index contributed by atoms with van der Waals surface area (Å²) >= 11 is 0. The van der Waals surface area contributed by atoms with Crippen molar-refractivity contribution in [3.63, 3.8) is 0 Å². The number of nitrogens with two attached hydrogens (primary N) is 1. The van der Waals surface area contributed by atoms with Crippen LogP contribution in [0.4, 0.5) is 0 Å². The molecule has 0 bridgehead atoms. The first-order valence-electron chi connectivity index (χ1n) is 5.77. The molecule has 0 radical (unpaired) electrons. The van der Waals surface area contributed by atoms with Gasteiger partial charge in [-0.05, 0) is 31.6 Å². The van der Waals surface area contributed by atoms with Crippen LogP contribution in [0.3, 0.4) is 0 Å². The molecular formula is C11H18N2O2. The Morgan fingerprint density at radius 2 is 1.93 bits per heavy atom. The normalized spacial score (nSPS) is 22.2. The molecule has 0 aromatic rings. The van der Waals surface area contributed by atoms with Crippen molar-refractivity contribution in [1.29, 1.82) is 0 Å². The fourth-order valence-electron chi connectivity index (χ4n) is 1.61. The van der Waals surface area contributed by atoms with Crippen molar-refractivity contribution in [3.8, 4) is 0 Å². The fourth-order valence-corrected chi connectivity index (χ4v) is 1.61. The summed E-state index contributed by atoms with van der Waals surface area (Å²) in [5.41, 5.74) is 5.68. The summed E-state index contributed by atoms with van der Waals surface area (Å²) in [5, 5.41) is 2.67. The zero-order chi connectivity index (χ0) is 10.8. The van der Waals surface area contributed by atoms with Gasteiger partial charge in [0, 0.05) is 6.04 Å². The van der Waals surface area contributed by atoms with Gasteiger partial charge in [0.2, 0.25) is 5.78 Å². The third-order valence-corrected chi connectivity index (χ3v) is 3.06. The van der Waals surface area contributed by atoms with E-state index in [-0.39, 0.29) is 6.04 Å². The summed E-state index contributed by atoms with van der Waals surface area (Å²) in [6.45, 7) is 0. The highest BCUT2D eigenvalue weighted by molar-refractivity contribution is 6.38. The van der Waals surface area contributed by atoms with Crippen molar-refractivity contribution in [2.24, 2.45) is 11.7 Å². The first-order valence-corrected chi connectivity index (χ1v) is 5.77. The molecule has 0 aliphatic heterocycles. The summed E-state index contributed by atoms with van der Waals surface area (Å²) in [5.74, 6) is -0.168. The predicted octanol–water partition coefficient (Wildman–Crippen LogP) is 0.352. The predicted molar refractivity (Wildman–Crippen MR) is 56.1 cm³/mol. The number of hydrogen-bond donors (Lipinski definition) is 2. The van der Waals surface area contributed by atoms with Crippen molar-refractivity contribution in [2.45, 2.75) is 50.6 Å². The van der Waals surface area contributed by atoms with Gasteiger partial charge in [0.15, 0.2) is 0 Å². The summed E-state index contributed by atoms with van der Waals surface area (Å²) in [6, 6.07) is -0.360. The molecule has 2 fully saturated rings. The molecule has 2 saturated carbocycles. The van der Waals surface area contributed by atoms with E-state index < -0.39 is 17.7 Å². The SMILES string of the molecule is N[C@H](CCC1CC1)C(=O)C(=O)NC1CC1. The average Bonchev–Trinajstić information content (AvgIpc) is 3.06. The summed E-state index contributed by atoms with van der Waals surface area (Å²) in [4.78, 5) is 22.9. The largest absolute Gasteiger partial charge is 0.347 e. The minimum atomic E-state index is -0.593. The molecular weight excluding hydrogens is 192 g/mol. The van der Waals surface area contributed by atoms with Crippen molar-refractivity contribution < 1.29 is 9.59 Å². The first kappa shape index (κ1) is 10.6. The van der Waals surface area contributed by atoms with Crippen LogP contribution in [0.1, 0.15) is 38.5 Å². The smallest absolute Gasteiger partial charge is 0.289 e. The van der Waals surface area contributed by atoms with E-state index in [0.29, 0.717) is 6.42 Å². The second-order valence-electron chi connectivity index (χ2n) is 4.74. The molecule has 84 valence electrons. The van der Waals surface area contributed by atoms with Gasteiger partial charge >= 0.3 is 0 Å². The molecule has 0 saturated heterocycles. The molecule has 0 spiro atoms. The van der Waals surface area contributed by atoms with E-state index in [0.717, 1.165) is 25.2 Å². The monoisotopic (exact) mass is 210 g/mol. The molecule has 0 unspecified atom stereocenters. The van der Waals surface area contributed by atoms with Crippen LogP contribution >= 0.6 is 0 Å².